The van der Waals surface area contributed by atoms with Gasteiger partial charge in [0.25, 0.3) is 5.69 Å². The molecule has 0 spiro atoms. The zero-order chi connectivity index (χ0) is 16.6. The predicted octanol–water partition coefficient (Wildman–Crippen LogP) is 1.80. The van der Waals surface area contributed by atoms with Crippen LogP contribution in [0.15, 0.2) is 47.4 Å². The van der Waals surface area contributed by atoms with Crippen molar-refractivity contribution in [2.45, 2.75) is 17.9 Å². The van der Waals surface area contributed by atoms with Gasteiger partial charge in [-0.3, -0.25) is 10.1 Å². The summed E-state index contributed by atoms with van der Waals surface area (Å²) < 4.78 is 23.7. The van der Waals surface area contributed by atoms with Gasteiger partial charge in [-0.25, -0.2) is 13.6 Å². The van der Waals surface area contributed by atoms with Crippen molar-refractivity contribution in [1.82, 2.24) is 0 Å². The molecular formula is C15H15N3O4S. The molecule has 0 bridgehead atoms. The number of non-ortho nitro benzene ring substituents is 1. The highest BCUT2D eigenvalue weighted by molar-refractivity contribution is 7.89. The van der Waals surface area contributed by atoms with Crippen molar-refractivity contribution in [3.8, 4) is 0 Å². The van der Waals surface area contributed by atoms with Crippen LogP contribution in [0.5, 0.6) is 0 Å². The highest BCUT2D eigenvalue weighted by Gasteiger charge is 2.25. The van der Waals surface area contributed by atoms with Crippen LogP contribution in [0.1, 0.15) is 11.1 Å². The van der Waals surface area contributed by atoms with Crippen LogP contribution in [-0.2, 0) is 23.0 Å². The third-order valence-electron chi connectivity index (χ3n) is 3.93. The highest BCUT2D eigenvalue weighted by atomic mass is 32.2. The van der Waals surface area contributed by atoms with E-state index in [1.807, 2.05) is 29.2 Å². The van der Waals surface area contributed by atoms with Gasteiger partial charge in [0.2, 0.25) is 10.0 Å². The fourth-order valence-corrected chi connectivity index (χ4v) is 3.58. The Morgan fingerprint density at radius 2 is 1.83 bits per heavy atom. The lowest BCUT2D eigenvalue weighted by Crippen LogP contribution is -2.32. The molecule has 7 nitrogen and oxygen atoms in total. The third-order valence-corrected chi connectivity index (χ3v) is 4.87. The molecular weight excluding hydrogens is 318 g/mol. The molecule has 2 aromatic carbocycles. The summed E-state index contributed by atoms with van der Waals surface area (Å²) in [5.41, 5.74) is 2.43. The summed E-state index contributed by atoms with van der Waals surface area (Å²) in [5, 5.41) is 16.1. The molecule has 3 rings (SSSR count). The average molecular weight is 333 g/mol. The molecule has 0 unspecified atom stereocenters. The van der Waals surface area contributed by atoms with Crippen LogP contribution in [-0.4, -0.2) is 19.9 Å². The number of nitrogens with two attached hydrogens (primary N) is 1. The maximum atomic E-state index is 11.8. The average Bonchev–Trinajstić information content (AvgIpc) is 2.53. The topological polar surface area (TPSA) is 107 Å². The van der Waals surface area contributed by atoms with Crippen LogP contribution in [0.4, 0.5) is 11.4 Å². The first-order valence-electron chi connectivity index (χ1n) is 6.99. The zero-order valence-corrected chi connectivity index (χ0v) is 13.0. The maximum Gasteiger partial charge on any atom is 0.270 e. The van der Waals surface area contributed by atoms with Gasteiger partial charge in [0.05, 0.1) is 10.6 Å². The van der Waals surface area contributed by atoms with Crippen LogP contribution in [0.2, 0.25) is 0 Å². The van der Waals surface area contributed by atoms with Gasteiger partial charge in [-0.05, 0) is 23.6 Å². The Morgan fingerprint density at radius 1 is 1.13 bits per heavy atom. The zero-order valence-electron chi connectivity index (χ0n) is 12.2. The fourth-order valence-electron chi connectivity index (χ4n) is 2.81. The first kappa shape index (κ1) is 15.4. The van der Waals surface area contributed by atoms with Gasteiger partial charge in [0.15, 0.2) is 0 Å². The second kappa shape index (κ2) is 5.64. The van der Waals surface area contributed by atoms with E-state index in [1.54, 1.807) is 0 Å². The van der Waals surface area contributed by atoms with Crippen LogP contribution in [0.25, 0.3) is 0 Å². The van der Waals surface area contributed by atoms with Crippen molar-refractivity contribution in [3.05, 3.63) is 63.7 Å². The second-order valence-electron chi connectivity index (χ2n) is 5.39. The molecule has 0 fully saturated rings. The van der Waals surface area contributed by atoms with Gasteiger partial charge in [-0.2, -0.15) is 0 Å². The van der Waals surface area contributed by atoms with Crippen LogP contribution < -0.4 is 10.0 Å². The Balaban J connectivity index is 2.05. The summed E-state index contributed by atoms with van der Waals surface area (Å²) in [6.07, 6.45) is 0.775. The summed E-state index contributed by atoms with van der Waals surface area (Å²) in [6, 6.07) is 11.7. The lowest BCUT2D eigenvalue weighted by Gasteiger charge is -2.31. The predicted molar refractivity (Wildman–Crippen MR) is 85.7 cm³/mol. The van der Waals surface area contributed by atoms with E-state index < -0.39 is 14.9 Å². The molecule has 0 aliphatic carbocycles. The Kier molecular flexibility index (Phi) is 3.78. The summed E-state index contributed by atoms with van der Waals surface area (Å²) in [4.78, 5) is 11.9. The van der Waals surface area contributed by atoms with Crippen molar-refractivity contribution in [2.75, 3.05) is 11.4 Å². The molecule has 1 aliphatic heterocycles. The quantitative estimate of drug-likeness (QED) is 0.681. The van der Waals surface area contributed by atoms with Crippen LogP contribution >= 0.6 is 0 Å². The van der Waals surface area contributed by atoms with Crippen LogP contribution in [0, 0.1) is 10.1 Å². The molecule has 2 aromatic rings. The minimum absolute atomic E-state index is 0.217. The number of hydrogen-bond acceptors (Lipinski definition) is 5. The summed E-state index contributed by atoms with van der Waals surface area (Å²) >= 11 is 0. The molecule has 8 heteroatoms. The number of nitro groups is 1. The fraction of sp³-hybridized carbons (Fsp3) is 0.200. The molecule has 120 valence electrons. The number of nitro benzene ring substituents is 1. The molecule has 0 saturated heterocycles. The standard InChI is InChI=1S/C15H15N3O4S/c16-23(21,22)15-9-13(18(19)20)5-6-14(15)17-8-7-11-3-1-2-4-12(11)10-17/h1-6,9H,7-8,10H2,(H2,16,21,22). The van der Waals surface area contributed by atoms with Crippen molar-refractivity contribution >= 4 is 21.4 Å². The van der Waals surface area contributed by atoms with Gasteiger partial charge in [-0.15, -0.1) is 0 Å². The van der Waals surface area contributed by atoms with Gasteiger partial charge in [-0.1, -0.05) is 24.3 Å². The molecule has 23 heavy (non-hydrogen) atoms. The molecule has 2 N–H and O–H groups in total. The summed E-state index contributed by atoms with van der Waals surface area (Å²) in [7, 11) is -4.06. The largest absolute Gasteiger partial charge is 0.366 e. The molecule has 0 aromatic heterocycles. The minimum Gasteiger partial charge on any atom is -0.366 e. The number of fused-ring (bicyclic) bond motifs is 1. The molecule has 0 atom stereocenters. The van der Waals surface area contributed by atoms with E-state index >= 15 is 0 Å². The minimum atomic E-state index is -4.06. The van der Waals surface area contributed by atoms with E-state index in [0.717, 1.165) is 18.1 Å². The Bertz CT molecular complexity index is 880. The van der Waals surface area contributed by atoms with E-state index in [9.17, 15) is 18.5 Å². The second-order valence-corrected chi connectivity index (χ2v) is 6.92. The third kappa shape index (κ3) is 3.03. The summed E-state index contributed by atoms with van der Waals surface area (Å²) in [6.45, 7) is 1.16. The molecule has 0 radical (unpaired) electrons. The van der Waals surface area contributed by atoms with E-state index in [0.29, 0.717) is 18.8 Å². The molecule has 1 aliphatic rings. The highest BCUT2D eigenvalue weighted by Crippen LogP contribution is 2.32. The number of benzene rings is 2. The number of primary sulfonamides is 1. The molecule has 1 heterocycles. The normalized spacial score (nSPS) is 14.4. The van der Waals surface area contributed by atoms with Crippen molar-refractivity contribution in [1.29, 1.82) is 0 Å². The summed E-state index contributed by atoms with van der Waals surface area (Å²) in [5.74, 6) is 0. The number of anilines is 1. The maximum absolute atomic E-state index is 11.8. The molecule has 0 amide bonds. The molecule has 0 saturated carbocycles. The van der Waals surface area contributed by atoms with Gasteiger partial charge < -0.3 is 4.90 Å². The van der Waals surface area contributed by atoms with E-state index in [1.165, 1.54) is 17.7 Å². The number of rotatable bonds is 3. The Hall–Kier alpha value is -2.45. The van der Waals surface area contributed by atoms with Crippen molar-refractivity contribution in [2.24, 2.45) is 5.14 Å². The van der Waals surface area contributed by atoms with Crippen LogP contribution in [0.3, 0.4) is 0 Å². The Morgan fingerprint density at radius 3 is 2.48 bits per heavy atom. The number of hydrogen-bond donors (Lipinski definition) is 1. The smallest absolute Gasteiger partial charge is 0.270 e. The monoisotopic (exact) mass is 333 g/mol. The van der Waals surface area contributed by atoms with Gasteiger partial charge in [0, 0.05) is 25.2 Å². The number of sulfonamides is 1. The van der Waals surface area contributed by atoms with E-state index in [2.05, 4.69) is 0 Å². The number of nitrogens with zero attached hydrogens (tertiary/aromatic N) is 2. The Labute approximate surface area is 133 Å². The van der Waals surface area contributed by atoms with Crippen molar-refractivity contribution < 1.29 is 13.3 Å². The SMILES string of the molecule is NS(=O)(=O)c1cc([N+](=O)[O-])ccc1N1CCc2ccccc2C1. The first-order chi connectivity index (χ1) is 10.9. The first-order valence-corrected chi connectivity index (χ1v) is 8.54. The lowest BCUT2D eigenvalue weighted by atomic mass is 9.99. The van der Waals surface area contributed by atoms with E-state index in [-0.39, 0.29) is 10.6 Å². The van der Waals surface area contributed by atoms with Crippen molar-refractivity contribution in [3.63, 3.8) is 0 Å². The van der Waals surface area contributed by atoms with E-state index in [4.69, 9.17) is 5.14 Å². The lowest BCUT2D eigenvalue weighted by molar-refractivity contribution is -0.385. The van der Waals surface area contributed by atoms with Gasteiger partial charge in [0.1, 0.15) is 4.90 Å². The van der Waals surface area contributed by atoms with Gasteiger partial charge >= 0.3 is 0 Å².